The van der Waals surface area contributed by atoms with Crippen LogP contribution in [0.15, 0.2) is 35.7 Å². The van der Waals surface area contributed by atoms with E-state index in [4.69, 9.17) is 16.7 Å². The summed E-state index contributed by atoms with van der Waals surface area (Å²) >= 11 is 7.43. The summed E-state index contributed by atoms with van der Waals surface area (Å²) in [6.07, 6.45) is 0.416. The maximum Gasteiger partial charge on any atom is 0.265 e. The van der Waals surface area contributed by atoms with Gasteiger partial charge in [0.1, 0.15) is 0 Å². The number of benzene rings is 1. The van der Waals surface area contributed by atoms with Gasteiger partial charge >= 0.3 is 0 Å². The van der Waals surface area contributed by atoms with Crippen molar-refractivity contribution < 1.29 is 9.90 Å². The highest BCUT2D eigenvalue weighted by Crippen LogP contribution is 2.24. The minimum Gasteiger partial charge on any atom is -0.395 e. The van der Waals surface area contributed by atoms with Gasteiger partial charge in [-0.15, -0.1) is 11.3 Å². The van der Waals surface area contributed by atoms with Gasteiger partial charge in [-0.25, -0.2) is 0 Å². The molecule has 0 saturated heterocycles. The number of hydrogen-bond acceptors (Lipinski definition) is 3. The second kappa shape index (κ2) is 7.11. The van der Waals surface area contributed by atoms with Gasteiger partial charge in [-0.3, -0.25) is 4.79 Å². The Morgan fingerprint density at radius 2 is 2.25 bits per heavy atom. The fourth-order valence-corrected chi connectivity index (χ4v) is 2.29. The lowest BCUT2D eigenvalue weighted by atomic mass is 10.2. The zero-order chi connectivity index (χ0) is 14.4. The molecule has 20 heavy (non-hydrogen) atoms. The molecule has 0 spiro atoms. The summed E-state index contributed by atoms with van der Waals surface area (Å²) in [5.74, 6) is 5.54. The van der Waals surface area contributed by atoms with Crippen LogP contribution in [0.1, 0.15) is 21.7 Å². The van der Waals surface area contributed by atoms with Crippen LogP contribution in [0.2, 0.25) is 5.02 Å². The zero-order valence-corrected chi connectivity index (χ0v) is 12.1. The Morgan fingerprint density at radius 3 is 2.95 bits per heavy atom. The van der Waals surface area contributed by atoms with E-state index < -0.39 is 0 Å². The Labute approximate surface area is 126 Å². The lowest BCUT2D eigenvalue weighted by molar-refractivity contribution is 0.103. The first kappa shape index (κ1) is 14.6. The maximum atomic E-state index is 12.0. The monoisotopic (exact) mass is 305 g/mol. The minimum absolute atomic E-state index is 0.0303. The number of amides is 1. The standard InChI is InChI=1S/C15H12ClNO2S/c16-12-7-6-11(4-1-2-8-18)10-13(12)17-15(19)14-5-3-9-20-14/h3,5-7,9-10,18H,2,8H2,(H,17,19). The van der Waals surface area contributed by atoms with Crippen LogP contribution >= 0.6 is 22.9 Å². The van der Waals surface area contributed by atoms with E-state index >= 15 is 0 Å². The SMILES string of the molecule is O=C(Nc1cc(C#CCCO)ccc1Cl)c1cccs1. The number of aliphatic hydroxyl groups excluding tert-OH is 1. The van der Waals surface area contributed by atoms with E-state index in [2.05, 4.69) is 17.2 Å². The van der Waals surface area contributed by atoms with Gasteiger partial charge < -0.3 is 10.4 Å². The van der Waals surface area contributed by atoms with Crippen molar-refractivity contribution in [2.24, 2.45) is 0 Å². The number of rotatable bonds is 3. The highest BCUT2D eigenvalue weighted by atomic mass is 35.5. The normalized spacial score (nSPS) is 9.70. The molecule has 2 aromatic rings. The van der Waals surface area contributed by atoms with Crippen LogP contribution in [0.3, 0.4) is 0 Å². The number of carbonyl (C=O) groups excluding carboxylic acids is 1. The van der Waals surface area contributed by atoms with E-state index in [0.717, 1.165) is 5.56 Å². The van der Waals surface area contributed by atoms with Crippen molar-refractivity contribution in [1.29, 1.82) is 0 Å². The summed E-state index contributed by atoms with van der Waals surface area (Å²) < 4.78 is 0. The summed E-state index contributed by atoms with van der Waals surface area (Å²) in [7, 11) is 0. The van der Waals surface area contributed by atoms with Crippen LogP contribution in [-0.2, 0) is 0 Å². The quantitative estimate of drug-likeness (QED) is 0.854. The zero-order valence-electron chi connectivity index (χ0n) is 10.5. The molecule has 0 aliphatic carbocycles. The number of aliphatic hydroxyl groups is 1. The molecule has 0 unspecified atom stereocenters. The van der Waals surface area contributed by atoms with Crippen molar-refractivity contribution in [3.05, 3.63) is 51.2 Å². The van der Waals surface area contributed by atoms with E-state index in [-0.39, 0.29) is 12.5 Å². The summed E-state index contributed by atoms with van der Waals surface area (Å²) in [6, 6.07) is 8.75. The first-order valence-corrected chi connectivity index (χ1v) is 7.20. The number of thiophene rings is 1. The van der Waals surface area contributed by atoms with Crippen molar-refractivity contribution >= 4 is 34.5 Å². The van der Waals surface area contributed by atoms with Crippen LogP contribution in [-0.4, -0.2) is 17.6 Å². The maximum absolute atomic E-state index is 12.0. The Bertz CT molecular complexity index is 656. The average Bonchev–Trinajstić information content (AvgIpc) is 2.97. The van der Waals surface area contributed by atoms with Gasteiger partial charge in [0.2, 0.25) is 0 Å². The smallest absolute Gasteiger partial charge is 0.265 e. The summed E-state index contributed by atoms with van der Waals surface area (Å²) in [5, 5.41) is 13.8. The Balaban J connectivity index is 2.17. The second-order valence-electron chi connectivity index (χ2n) is 3.90. The molecule has 102 valence electrons. The first-order chi connectivity index (χ1) is 9.70. The lowest BCUT2D eigenvalue weighted by Gasteiger charge is -2.06. The molecule has 1 aromatic carbocycles. The van der Waals surface area contributed by atoms with Crippen LogP contribution in [0.5, 0.6) is 0 Å². The van der Waals surface area contributed by atoms with Crippen LogP contribution in [0.25, 0.3) is 0 Å². The number of nitrogens with one attached hydrogen (secondary N) is 1. The average molecular weight is 306 g/mol. The predicted octanol–water partition coefficient (Wildman–Crippen LogP) is 3.39. The third-order valence-electron chi connectivity index (χ3n) is 2.43. The van der Waals surface area contributed by atoms with Crippen molar-refractivity contribution in [3.8, 4) is 11.8 Å². The highest BCUT2D eigenvalue weighted by molar-refractivity contribution is 7.12. The third kappa shape index (κ3) is 3.84. The molecule has 5 heteroatoms. The number of carbonyl (C=O) groups is 1. The van der Waals surface area contributed by atoms with E-state index in [9.17, 15) is 4.79 Å². The van der Waals surface area contributed by atoms with Gasteiger partial charge in [-0.1, -0.05) is 29.5 Å². The first-order valence-electron chi connectivity index (χ1n) is 5.95. The van der Waals surface area contributed by atoms with Gasteiger partial charge in [0.15, 0.2) is 0 Å². The molecular formula is C15H12ClNO2S. The van der Waals surface area contributed by atoms with Crippen LogP contribution in [0, 0.1) is 11.8 Å². The summed E-state index contributed by atoms with van der Waals surface area (Å²) in [6.45, 7) is 0.0303. The van der Waals surface area contributed by atoms with Crippen LogP contribution in [0.4, 0.5) is 5.69 Å². The van der Waals surface area contributed by atoms with Crippen molar-refractivity contribution in [3.63, 3.8) is 0 Å². The van der Waals surface area contributed by atoms with E-state index in [1.165, 1.54) is 11.3 Å². The van der Waals surface area contributed by atoms with E-state index in [1.54, 1.807) is 24.3 Å². The molecule has 1 amide bonds. The molecule has 2 rings (SSSR count). The third-order valence-corrected chi connectivity index (χ3v) is 3.63. The topological polar surface area (TPSA) is 49.3 Å². The molecule has 0 fully saturated rings. The predicted molar refractivity (Wildman–Crippen MR) is 82.3 cm³/mol. The molecule has 0 radical (unpaired) electrons. The molecular weight excluding hydrogens is 294 g/mol. The van der Waals surface area contributed by atoms with E-state index in [1.807, 2.05) is 11.4 Å². The Kier molecular flexibility index (Phi) is 5.19. The number of halogens is 1. The van der Waals surface area contributed by atoms with Crippen molar-refractivity contribution in [1.82, 2.24) is 0 Å². The highest BCUT2D eigenvalue weighted by Gasteiger charge is 2.09. The van der Waals surface area contributed by atoms with Gasteiger partial charge in [-0.2, -0.15) is 0 Å². The number of hydrogen-bond donors (Lipinski definition) is 2. The molecule has 2 N–H and O–H groups in total. The minimum atomic E-state index is -0.192. The van der Waals surface area contributed by atoms with Gasteiger partial charge in [-0.05, 0) is 29.6 Å². The molecule has 0 saturated carbocycles. The molecule has 3 nitrogen and oxygen atoms in total. The van der Waals surface area contributed by atoms with Crippen LogP contribution < -0.4 is 5.32 Å². The van der Waals surface area contributed by atoms with Gasteiger partial charge in [0.25, 0.3) is 5.91 Å². The molecule has 0 aliphatic heterocycles. The fraction of sp³-hybridized carbons (Fsp3) is 0.133. The molecule has 0 aliphatic rings. The largest absolute Gasteiger partial charge is 0.395 e. The second-order valence-corrected chi connectivity index (χ2v) is 5.26. The molecule has 0 bridgehead atoms. The molecule has 1 aromatic heterocycles. The Morgan fingerprint density at radius 1 is 1.40 bits per heavy atom. The lowest BCUT2D eigenvalue weighted by Crippen LogP contribution is -2.10. The summed E-state index contributed by atoms with van der Waals surface area (Å²) in [4.78, 5) is 12.6. The fourth-order valence-electron chi connectivity index (χ4n) is 1.51. The molecule has 0 atom stereocenters. The summed E-state index contributed by atoms with van der Waals surface area (Å²) in [5.41, 5.74) is 1.27. The molecule has 1 heterocycles. The Hall–Kier alpha value is -1.80. The van der Waals surface area contributed by atoms with E-state index in [0.29, 0.717) is 22.0 Å². The van der Waals surface area contributed by atoms with Gasteiger partial charge in [0, 0.05) is 12.0 Å². The number of anilines is 1. The van der Waals surface area contributed by atoms with Crippen molar-refractivity contribution in [2.75, 3.05) is 11.9 Å². The van der Waals surface area contributed by atoms with Gasteiger partial charge in [0.05, 0.1) is 22.2 Å². The van der Waals surface area contributed by atoms with Crippen molar-refractivity contribution in [2.45, 2.75) is 6.42 Å².